The molecule has 0 bridgehead atoms. The van der Waals surface area contributed by atoms with E-state index in [1.54, 1.807) is 0 Å². The molecule has 1 unspecified atom stereocenters. The molecular formula is C14H24N2O2S. The second kappa shape index (κ2) is 7.48. The normalized spacial score (nSPS) is 12.4. The van der Waals surface area contributed by atoms with Gasteiger partial charge in [-0.1, -0.05) is 44.9 Å². The number of carboxylic acids is 1. The van der Waals surface area contributed by atoms with E-state index < -0.39 is 5.97 Å². The van der Waals surface area contributed by atoms with Crippen molar-refractivity contribution in [2.75, 3.05) is 18.5 Å². The first kappa shape index (κ1) is 16.0. The summed E-state index contributed by atoms with van der Waals surface area (Å²) in [5.74, 6) is -0.666. The number of aromatic carboxylic acids is 1. The lowest BCUT2D eigenvalue weighted by atomic mass is 10.0. The van der Waals surface area contributed by atoms with Crippen molar-refractivity contribution in [3.05, 3.63) is 10.6 Å². The Hall–Kier alpha value is -1.10. The van der Waals surface area contributed by atoms with Crippen LogP contribution in [-0.4, -0.2) is 29.7 Å². The van der Waals surface area contributed by atoms with Crippen molar-refractivity contribution in [3.63, 3.8) is 0 Å². The molecule has 19 heavy (non-hydrogen) atoms. The van der Waals surface area contributed by atoms with Gasteiger partial charge >= 0.3 is 5.97 Å². The van der Waals surface area contributed by atoms with E-state index in [-0.39, 0.29) is 5.92 Å². The summed E-state index contributed by atoms with van der Waals surface area (Å²) in [6.07, 6.45) is 4.40. The number of carboxylic acid groups (broad SMARTS) is 1. The average molecular weight is 284 g/mol. The molecule has 0 aliphatic rings. The van der Waals surface area contributed by atoms with Crippen molar-refractivity contribution >= 4 is 22.4 Å². The third-order valence-corrected chi connectivity index (χ3v) is 4.51. The van der Waals surface area contributed by atoms with Crippen molar-refractivity contribution < 1.29 is 9.90 Å². The smallest absolute Gasteiger partial charge is 0.347 e. The fraction of sp³-hybridized carbons (Fsp3) is 0.714. The highest BCUT2D eigenvalue weighted by Crippen LogP contribution is 2.31. The van der Waals surface area contributed by atoms with Gasteiger partial charge in [0.25, 0.3) is 0 Å². The zero-order valence-corrected chi connectivity index (χ0v) is 13.1. The highest BCUT2D eigenvalue weighted by Gasteiger charge is 2.22. The number of nitrogens with zero attached hydrogens (tertiary/aromatic N) is 2. The molecule has 1 N–H and O–H groups in total. The van der Waals surface area contributed by atoms with E-state index >= 15 is 0 Å². The molecule has 0 saturated carbocycles. The van der Waals surface area contributed by atoms with E-state index in [2.05, 4.69) is 23.7 Å². The minimum absolute atomic E-state index is 0.195. The second-order valence-electron chi connectivity index (χ2n) is 4.95. The maximum Gasteiger partial charge on any atom is 0.347 e. The number of carbonyl (C=O) groups is 1. The minimum Gasteiger partial charge on any atom is -0.477 e. The first-order valence-electron chi connectivity index (χ1n) is 6.96. The molecule has 0 saturated heterocycles. The molecule has 1 heterocycles. The van der Waals surface area contributed by atoms with Crippen LogP contribution in [0.25, 0.3) is 0 Å². The molecule has 1 rings (SSSR count). The summed E-state index contributed by atoms with van der Waals surface area (Å²) in [5, 5.41) is 10.1. The molecule has 0 aliphatic heterocycles. The minimum atomic E-state index is -0.860. The van der Waals surface area contributed by atoms with E-state index in [1.807, 2.05) is 14.0 Å². The van der Waals surface area contributed by atoms with Gasteiger partial charge in [-0.15, -0.1) is 0 Å². The van der Waals surface area contributed by atoms with Crippen LogP contribution in [0.15, 0.2) is 0 Å². The van der Waals surface area contributed by atoms with Crippen molar-refractivity contribution in [3.8, 4) is 0 Å². The number of unbranched alkanes of at least 4 members (excludes halogenated alkanes) is 2. The van der Waals surface area contributed by atoms with Gasteiger partial charge in [0.2, 0.25) is 0 Å². The van der Waals surface area contributed by atoms with Crippen molar-refractivity contribution in [1.82, 2.24) is 4.98 Å². The number of rotatable bonds is 8. The van der Waals surface area contributed by atoms with E-state index in [9.17, 15) is 9.90 Å². The third-order valence-electron chi connectivity index (χ3n) is 3.34. The number of anilines is 1. The predicted molar refractivity (Wildman–Crippen MR) is 80.6 cm³/mol. The van der Waals surface area contributed by atoms with Crippen molar-refractivity contribution in [2.45, 2.75) is 52.4 Å². The summed E-state index contributed by atoms with van der Waals surface area (Å²) in [4.78, 5) is 18.3. The largest absolute Gasteiger partial charge is 0.477 e. The van der Waals surface area contributed by atoms with Gasteiger partial charge in [-0.05, 0) is 18.8 Å². The highest BCUT2D eigenvalue weighted by atomic mass is 32.1. The maximum atomic E-state index is 11.3. The standard InChI is InChI=1S/C14H24N2O2S/c1-5-7-8-9-16(4)14-15-11(10(3)6-2)12(19-14)13(17)18/h10H,5-9H2,1-4H3,(H,17,18). The molecule has 0 aliphatic carbocycles. The van der Waals surface area contributed by atoms with Crippen molar-refractivity contribution in [1.29, 1.82) is 0 Å². The van der Waals surface area contributed by atoms with Crippen LogP contribution < -0.4 is 4.90 Å². The van der Waals surface area contributed by atoms with Crippen LogP contribution in [0.3, 0.4) is 0 Å². The lowest BCUT2D eigenvalue weighted by Crippen LogP contribution is -2.18. The zero-order chi connectivity index (χ0) is 14.4. The van der Waals surface area contributed by atoms with Crippen LogP contribution >= 0.6 is 11.3 Å². The van der Waals surface area contributed by atoms with Crippen LogP contribution in [0.1, 0.15) is 67.7 Å². The maximum absolute atomic E-state index is 11.3. The lowest BCUT2D eigenvalue weighted by Gasteiger charge is -2.15. The Morgan fingerprint density at radius 3 is 2.63 bits per heavy atom. The number of hydrogen-bond donors (Lipinski definition) is 1. The molecule has 4 nitrogen and oxygen atoms in total. The predicted octanol–water partition coefficient (Wildman–Crippen LogP) is 3.98. The number of aromatic nitrogens is 1. The summed E-state index contributed by atoms with van der Waals surface area (Å²) >= 11 is 1.29. The Labute approximate surface area is 119 Å². The monoisotopic (exact) mass is 284 g/mol. The quantitative estimate of drug-likeness (QED) is 0.734. The Bertz CT molecular complexity index is 418. The Morgan fingerprint density at radius 2 is 2.11 bits per heavy atom. The molecule has 0 aromatic carbocycles. The van der Waals surface area contributed by atoms with Crippen LogP contribution in [0.5, 0.6) is 0 Å². The summed E-state index contributed by atoms with van der Waals surface area (Å²) in [7, 11) is 1.99. The van der Waals surface area contributed by atoms with Crippen LogP contribution in [0, 0.1) is 0 Å². The summed E-state index contributed by atoms with van der Waals surface area (Å²) < 4.78 is 0. The lowest BCUT2D eigenvalue weighted by molar-refractivity contribution is 0.0700. The highest BCUT2D eigenvalue weighted by molar-refractivity contribution is 7.17. The van der Waals surface area contributed by atoms with Gasteiger partial charge in [0.15, 0.2) is 5.13 Å². The number of hydrogen-bond acceptors (Lipinski definition) is 4. The molecule has 0 spiro atoms. The third kappa shape index (κ3) is 4.20. The van der Waals surface area contributed by atoms with E-state index in [0.717, 1.165) is 30.2 Å². The number of thiazole rings is 1. The Kier molecular flexibility index (Phi) is 6.28. The van der Waals surface area contributed by atoms with E-state index in [1.165, 1.54) is 24.2 Å². The average Bonchev–Trinajstić information content (AvgIpc) is 2.83. The molecule has 1 aromatic rings. The fourth-order valence-electron chi connectivity index (χ4n) is 1.86. The van der Waals surface area contributed by atoms with E-state index in [0.29, 0.717) is 4.88 Å². The van der Waals surface area contributed by atoms with Gasteiger partial charge in [0.05, 0.1) is 5.69 Å². The SMILES string of the molecule is CCCCCN(C)c1nc(C(C)CC)c(C(=O)O)s1. The van der Waals surface area contributed by atoms with Gasteiger partial charge in [0.1, 0.15) is 4.88 Å². The molecular weight excluding hydrogens is 260 g/mol. The Morgan fingerprint density at radius 1 is 1.42 bits per heavy atom. The first-order valence-corrected chi connectivity index (χ1v) is 7.78. The summed E-state index contributed by atoms with van der Waals surface area (Å²) in [5.41, 5.74) is 0.734. The van der Waals surface area contributed by atoms with Gasteiger partial charge in [-0.2, -0.15) is 0 Å². The topological polar surface area (TPSA) is 53.4 Å². The molecule has 5 heteroatoms. The molecule has 108 valence electrons. The fourth-order valence-corrected chi connectivity index (χ4v) is 2.87. The van der Waals surface area contributed by atoms with Gasteiger partial charge in [-0.25, -0.2) is 9.78 Å². The van der Waals surface area contributed by atoms with Gasteiger partial charge in [0, 0.05) is 13.6 Å². The summed E-state index contributed by atoms with van der Waals surface area (Å²) in [6.45, 7) is 7.19. The van der Waals surface area contributed by atoms with Crippen LogP contribution in [-0.2, 0) is 0 Å². The molecule has 1 atom stereocenters. The van der Waals surface area contributed by atoms with Crippen molar-refractivity contribution in [2.24, 2.45) is 0 Å². The zero-order valence-electron chi connectivity index (χ0n) is 12.3. The van der Waals surface area contributed by atoms with E-state index in [4.69, 9.17) is 0 Å². The molecule has 0 fully saturated rings. The van der Waals surface area contributed by atoms with Crippen LogP contribution in [0.4, 0.5) is 5.13 Å². The molecule has 0 amide bonds. The Balaban J connectivity index is 2.87. The molecule has 0 radical (unpaired) electrons. The van der Waals surface area contributed by atoms with Gasteiger partial charge < -0.3 is 10.0 Å². The van der Waals surface area contributed by atoms with Gasteiger partial charge in [-0.3, -0.25) is 0 Å². The first-order chi connectivity index (χ1) is 9.01. The summed E-state index contributed by atoms with van der Waals surface area (Å²) in [6, 6.07) is 0. The second-order valence-corrected chi connectivity index (χ2v) is 5.93. The van der Waals surface area contributed by atoms with Crippen LogP contribution in [0.2, 0.25) is 0 Å². The molecule has 1 aromatic heterocycles.